The van der Waals surface area contributed by atoms with Crippen LogP contribution in [0.25, 0.3) is 0 Å². The Labute approximate surface area is 189 Å². The molecule has 2 aliphatic rings. The molecule has 18 nitrogen and oxygen atoms in total. The minimum absolute atomic E-state index is 0.380. The Hall–Kier alpha value is -1.34. The summed E-state index contributed by atoms with van der Waals surface area (Å²) in [5.74, 6) is 0. The van der Waals surface area contributed by atoms with Gasteiger partial charge in [0.1, 0.15) is 30.5 Å². The highest BCUT2D eigenvalue weighted by atomic mass is 31.3. The number of ether oxygens (including phenoxy) is 2. The zero-order chi connectivity index (χ0) is 25.4. The van der Waals surface area contributed by atoms with Gasteiger partial charge in [0.15, 0.2) is 12.5 Å². The molecule has 34 heavy (non-hydrogen) atoms. The highest BCUT2D eigenvalue weighted by Gasteiger charge is 2.47. The number of nitrogens with two attached hydrogens (primary N) is 1. The van der Waals surface area contributed by atoms with Gasteiger partial charge in [-0.05, 0) is 0 Å². The lowest BCUT2D eigenvalue weighted by molar-refractivity contribution is -0.218. The number of nitrogens with zero attached hydrogens (tertiary/aromatic N) is 1. The van der Waals surface area contributed by atoms with Crippen molar-refractivity contribution in [2.45, 2.75) is 49.1 Å². The van der Waals surface area contributed by atoms with Crippen LogP contribution in [-0.4, -0.2) is 95.8 Å². The van der Waals surface area contributed by atoms with Crippen LogP contribution in [0, 0.1) is 0 Å². The van der Waals surface area contributed by atoms with Gasteiger partial charge < -0.3 is 45.4 Å². The van der Waals surface area contributed by atoms with Gasteiger partial charge in [-0.2, -0.15) is 4.31 Å². The number of aliphatic hydroxyl groups is 4. The number of H-pyrrole nitrogens is 1. The van der Waals surface area contributed by atoms with Crippen molar-refractivity contribution in [3.63, 3.8) is 0 Å². The fourth-order valence-electron chi connectivity index (χ4n) is 3.11. The van der Waals surface area contributed by atoms with E-state index in [4.69, 9.17) is 15.2 Å². The maximum absolute atomic E-state index is 12.1. The first kappa shape index (κ1) is 27.3. The van der Waals surface area contributed by atoms with Gasteiger partial charge in [-0.1, -0.05) is 0 Å². The van der Waals surface area contributed by atoms with Crippen LogP contribution in [-0.2, 0) is 32.0 Å². The number of hydrogen-bond donors (Lipinski definition) is 8. The molecule has 0 spiro atoms. The zero-order valence-corrected chi connectivity index (χ0v) is 18.8. The molecule has 2 fully saturated rings. The fourth-order valence-corrected chi connectivity index (χ4v) is 5.28. The molecule has 9 N–H and O–H groups in total. The molecule has 0 aliphatic carbocycles. The lowest BCUT2D eigenvalue weighted by Crippen LogP contribution is -2.56. The predicted molar refractivity (Wildman–Crippen MR) is 105 cm³/mol. The van der Waals surface area contributed by atoms with Gasteiger partial charge in [-0.15, -0.1) is 0 Å². The van der Waals surface area contributed by atoms with E-state index in [1.54, 1.807) is 0 Å². The standard InChI is InChI=1S/C14H23N3O15P2/c15-5-3-28-13(11(22)8(5)19)31-34(26,27)32-33(24,25)29-4-6-9(20)10(21)12(30-6)17-2-1-7(18)16-14(17)23/h1-2,5-6,8-13,19-22H,3-4,15H2,(H,24,25)(H,26,27)(H,16,18,23)/t5-,6+,8-,9+,10+,11+,12+,13+/m0/s1. The van der Waals surface area contributed by atoms with Crippen LogP contribution in [0.5, 0.6) is 0 Å². The summed E-state index contributed by atoms with van der Waals surface area (Å²) in [5, 5.41) is 39.7. The van der Waals surface area contributed by atoms with Crippen molar-refractivity contribution in [2.75, 3.05) is 13.2 Å². The molecule has 0 radical (unpaired) electrons. The molecule has 10 atom stereocenters. The molecule has 1 aromatic rings. The second kappa shape index (κ2) is 10.3. The maximum atomic E-state index is 12.1. The van der Waals surface area contributed by atoms with E-state index in [0.29, 0.717) is 0 Å². The smallest absolute Gasteiger partial charge is 0.388 e. The molecule has 3 heterocycles. The summed E-state index contributed by atoms with van der Waals surface area (Å²) in [7, 11) is -10.8. The average molecular weight is 535 g/mol. The molecule has 0 amide bonds. The van der Waals surface area contributed by atoms with Gasteiger partial charge >= 0.3 is 21.3 Å². The summed E-state index contributed by atoms with van der Waals surface area (Å²) < 4.78 is 48.0. The van der Waals surface area contributed by atoms with Gasteiger partial charge in [-0.3, -0.25) is 23.4 Å². The normalized spacial score (nSPS) is 37.7. The van der Waals surface area contributed by atoms with E-state index in [2.05, 4.69) is 13.4 Å². The Balaban J connectivity index is 1.59. The topological polar surface area (TPSA) is 283 Å². The Bertz CT molecular complexity index is 1080. The molecule has 2 unspecified atom stereocenters. The maximum Gasteiger partial charge on any atom is 0.483 e. The molecule has 0 aromatic carbocycles. The van der Waals surface area contributed by atoms with Crippen LogP contribution in [0.3, 0.4) is 0 Å². The van der Waals surface area contributed by atoms with E-state index < -0.39 is 82.6 Å². The number of phosphoric acid groups is 2. The van der Waals surface area contributed by atoms with E-state index in [-0.39, 0.29) is 6.61 Å². The van der Waals surface area contributed by atoms with Crippen molar-refractivity contribution in [1.82, 2.24) is 9.55 Å². The minimum Gasteiger partial charge on any atom is -0.388 e. The number of rotatable bonds is 8. The summed E-state index contributed by atoms with van der Waals surface area (Å²) in [4.78, 5) is 44.4. The van der Waals surface area contributed by atoms with Crippen molar-refractivity contribution in [1.29, 1.82) is 0 Å². The fraction of sp³-hybridized carbons (Fsp3) is 0.714. The number of aliphatic hydroxyl groups excluding tert-OH is 4. The molecule has 0 saturated carbocycles. The van der Waals surface area contributed by atoms with Crippen molar-refractivity contribution < 1.29 is 62.2 Å². The van der Waals surface area contributed by atoms with Crippen molar-refractivity contribution >= 4 is 15.6 Å². The monoisotopic (exact) mass is 535 g/mol. The lowest BCUT2D eigenvalue weighted by Gasteiger charge is -2.35. The average Bonchev–Trinajstić information content (AvgIpc) is 3.00. The second-order valence-electron chi connectivity index (χ2n) is 7.33. The summed E-state index contributed by atoms with van der Waals surface area (Å²) in [6.07, 6.45) is -10.9. The molecule has 194 valence electrons. The van der Waals surface area contributed by atoms with Gasteiger partial charge in [0, 0.05) is 12.3 Å². The Morgan fingerprint density at radius 1 is 1.09 bits per heavy atom. The predicted octanol–water partition coefficient (Wildman–Crippen LogP) is -4.19. The van der Waals surface area contributed by atoms with Crippen LogP contribution in [0.1, 0.15) is 6.23 Å². The number of hydrogen-bond acceptors (Lipinski definition) is 14. The van der Waals surface area contributed by atoms with Crippen LogP contribution >= 0.6 is 15.6 Å². The Morgan fingerprint density at radius 3 is 2.41 bits per heavy atom. The minimum atomic E-state index is -5.43. The van der Waals surface area contributed by atoms with Crippen LogP contribution < -0.4 is 17.0 Å². The largest absolute Gasteiger partial charge is 0.483 e. The summed E-state index contributed by atoms with van der Waals surface area (Å²) >= 11 is 0. The third-order valence-corrected chi connectivity index (χ3v) is 7.43. The van der Waals surface area contributed by atoms with Crippen LogP contribution in [0.15, 0.2) is 21.9 Å². The zero-order valence-electron chi connectivity index (χ0n) is 17.0. The first-order chi connectivity index (χ1) is 15.7. The van der Waals surface area contributed by atoms with E-state index in [0.717, 1.165) is 16.8 Å². The molecule has 2 saturated heterocycles. The molecule has 0 bridgehead atoms. The first-order valence-corrected chi connectivity index (χ1v) is 12.5. The SMILES string of the molecule is N[C@H]1CO[C@H](OP(=O)(O)OP(=O)(O)OC[C@H]2O[C@@H](n3ccc(=O)[nH]c3=O)[C@H](O)[C@@H]2O)[C@H](O)[C@H]1O. The van der Waals surface area contributed by atoms with Crippen molar-refractivity contribution in [3.8, 4) is 0 Å². The molecule has 20 heteroatoms. The van der Waals surface area contributed by atoms with E-state index >= 15 is 0 Å². The molecular formula is C14H23N3O15P2. The molecule has 1 aromatic heterocycles. The summed E-state index contributed by atoms with van der Waals surface area (Å²) in [6, 6.07) is -0.0767. The number of aromatic nitrogens is 2. The van der Waals surface area contributed by atoms with Gasteiger partial charge in [0.05, 0.1) is 19.3 Å². The third kappa shape index (κ3) is 6.26. The quantitative estimate of drug-likeness (QED) is 0.146. The summed E-state index contributed by atoms with van der Waals surface area (Å²) in [5.41, 5.74) is 3.73. The van der Waals surface area contributed by atoms with Gasteiger partial charge in [0.2, 0.25) is 0 Å². The van der Waals surface area contributed by atoms with E-state index in [1.807, 2.05) is 4.98 Å². The summed E-state index contributed by atoms with van der Waals surface area (Å²) in [6.45, 7) is -1.36. The Morgan fingerprint density at radius 2 is 1.76 bits per heavy atom. The third-order valence-electron chi connectivity index (χ3n) is 4.83. The van der Waals surface area contributed by atoms with E-state index in [1.165, 1.54) is 0 Å². The van der Waals surface area contributed by atoms with Gasteiger partial charge in [-0.25, -0.2) is 13.9 Å². The van der Waals surface area contributed by atoms with Crippen molar-refractivity contribution in [2.24, 2.45) is 5.73 Å². The molecule has 3 rings (SSSR count). The van der Waals surface area contributed by atoms with Crippen molar-refractivity contribution in [3.05, 3.63) is 33.1 Å². The van der Waals surface area contributed by atoms with Crippen LogP contribution in [0.2, 0.25) is 0 Å². The number of aromatic amines is 1. The highest BCUT2D eigenvalue weighted by molar-refractivity contribution is 7.61. The Kier molecular flexibility index (Phi) is 8.28. The van der Waals surface area contributed by atoms with Crippen LogP contribution in [0.4, 0.5) is 0 Å². The lowest BCUT2D eigenvalue weighted by atomic mass is 10.0. The van der Waals surface area contributed by atoms with Gasteiger partial charge in [0.25, 0.3) is 5.56 Å². The molecular weight excluding hydrogens is 512 g/mol. The van der Waals surface area contributed by atoms with E-state index in [9.17, 15) is 48.9 Å². The number of phosphoric ester groups is 2. The second-order valence-corrected chi connectivity index (χ2v) is 10.3. The number of nitrogens with one attached hydrogen (secondary N) is 1. The highest BCUT2D eigenvalue weighted by Crippen LogP contribution is 2.61. The first-order valence-electron chi connectivity index (χ1n) is 9.47. The molecule has 2 aliphatic heterocycles.